The van der Waals surface area contributed by atoms with Crippen molar-refractivity contribution in [1.82, 2.24) is 5.32 Å². The number of nitrogens with one attached hydrogen (secondary N) is 1. The van der Waals surface area contributed by atoms with E-state index in [0.717, 1.165) is 17.7 Å². The van der Waals surface area contributed by atoms with Gasteiger partial charge in [-0.15, -0.1) is 0 Å². The maximum atomic E-state index is 11.9. The molecule has 0 saturated carbocycles. The Bertz CT molecular complexity index is 446. The van der Waals surface area contributed by atoms with Crippen molar-refractivity contribution in [2.24, 2.45) is 11.7 Å². The third-order valence-corrected chi connectivity index (χ3v) is 3.31. The topological polar surface area (TPSA) is 64.4 Å². The van der Waals surface area contributed by atoms with E-state index in [0.29, 0.717) is 18.9 Å². The smallest absolute Gasteiger partial charge is 0.237 e. The molecule has 4 heteroatoms. The Morgan fingerprint density at radius 2 is 2.10 bits per heavy atom. The van der Waals surface area contributed by atoms with E-state index >= 15 is 0 Å². The van der Waals surface area contributed by atoms with Crippen molar-refractivity contribution < 1.29 is 9.53 Å². The Morgan fingerprint density at radius 1 is 1.38 bits per heavy atom. The second-order valence-corrected chi connectivity index (χ2v) is 5.95. The van der Waals surface area contributed by atoms with Gasteiger partial charge in [-0.3, -0.25) is 4.79 Å². The summed E-state index contributed by atoms with van der Waals surface area (Å²) in [5.74, 6) is 1.15. The van der Waals surface area contributed by atoms with Crippen LogP contribution in [0.1, 0.15) is 39.2 Å². The summed E-state index contributed by atoms with van der Waals surface area (Å²) in [4.78, 5) is 11.9. The predicted molar refractivity (Wildman–Crippen MR) is 86.3 cm³/mol. The van der Waals surface area contributed by atoms with Crippen molar-refractivity contribution in [2.75, 3.05) is 6.54 Å². The van der Waals surface area contributed by atoms with E-state index in [-0.39, 0.29) is 12.0 Å². The number of carbonyl (C=O) groups is 1. The molecule has 0 spiro atoms. The second kappa shape index (κ2) is 8.67. The summed E-state index contributed by atoms with van der Waals surface area (Å²) in [7, 11) is 0. The molecule has 0 saturated heterocycles. The molecule has 4 nitrogen and oxygen atoms in total. The normalized spacial score (nSPS) is 13.8. The van der Waals surface area contributed by atoms with Crippen LogP contribution >= 0.6 is 0 Å². The average molecular weight is 292 g/mol. The highest BCUT2D eigenvalue weighted by molar-refractivity contribution is 5.81. The Morgan fingerprint density at radius 3 is 2.67 bits per heavy atom. The molecular weight excluding hydrogens is 264 g/mol. The fourth-order valence-electron chi connectivity index (χ4n) is 2.11. The second-order valence-electron chi connectivity index (χ2n) is 5.95. The molecule has 2 atom stereocenters. The maximum Gasteiger partial charge on any atom is 0.237 e. The lowest BCUT2D eigenvalue weighted by atomic mass is 10.0. The van der Waals surface area contributed by atoms with Crippen LogP contribution in [0.5, 0.6) is 5.75 Å². The van der Waals surface area contributed by atoms with Gasteiger partial charge in [-0.05, 0) is 43.4 Å². The molecule has 0 radical (unpaired) electrons. The standard InChI is InChI=1S/C17H28N2O2/c1-5-14(21-15-8-6-7-13(4)10-15)11-19-17(20)16(18)9-12(2)3/h6-8,10,12,14,16H,5,9,11,18H2,1-4H3,(H,19,20)/t14?,16-/m0/s1. The Balaban J connectivity index is 2.45. The number of amides is 1. The molecule has 118 valence electrons. The highest BCUT2D eigenvalue weighted by Crippen LogP contribution is 2.15. The van der Waals surface area contributed by atoms with Crippen LogP contribution in [-0.4, -0.2) is 24.6 Å². The predicted octanol–water partition coefficient (Wildman–Crippen LogP) is 2.64. The number of hydrogen-bond donors (Lipinski definition) is 2. The molecule has 3 N–H and O–H groups in total. The quantitative estimate of drug-likeness (QED) is 0.774. The highest BCUT2D eigenvalue weighted by atomic mass is 16.5. The van der Waals surface area contributed by atoms with Gasteiger partial charge >= 0.3 is 0 Å². The van der Waals surface area contributed by atoms with Gasteiger partial charge in [-0.2, -0.15) is 0 Å². The molecule has 0 aromatic heterocycles. The molecule has 0 bridgehead atoms. The lowest BCUT2D eigenvalue weighted by molar-refractivity contribution is -0.123. The summed E-state index contributed by atoms with van der Waals surface area (Å²) in [5, 5.41) is 2.88. The van der Waals surface area contributed by atoms with E-state index in [9.17, 15) is 4.79 Å². The van der Waals surface area contributed by atoms with E-state index < -0.39 is 6.04 Å². The molecule has 1 aromatic carbocycles. The number of hydrogen-bond acceptors (Lipinski definition) is 3. The number of carbonyl (C=O) groups excluding carboxylic acids is 1. The SMILES string of the molecule is CCC(CNC(=O)[C@@H](N)CC(C)C)Oc1cccc(C)c1. The first-order chi connectivity index (χ1) is 9.92. The van der Waals surface area contributed by atoms with Crippen LogP contribution in [-0.2, 0) is 4.79 Å². The molecule has 21 heavy (non-hydrogen) atoms. The zero-order valence-electron chi connectivity index (χ0n) is 13.6. The van der Waals surface area contributed by atoms with E-state index in [1.807, 2.05) is 38.1 Å². The van der Waals surface area contributed by atoms with Crippen LogP contribution in [0.4, 0.5) is 0 Å². The van der Waals surface area contributed by atoms with Crippen LogP contribution in [0.3, 0.4) is 0 Å². The van der Waals surface area contributed by atoms with Gasteiger partial charge in [0.15, 0.2) is 0 Å². The maximum absolute atomic E-state index is 11.9. The monoisotopic (exact) mass is 292 g/mol. The van der Waals surface area contributed by atoms with Crippen molar-refractivity contribution >= 4 is 5.91 Å². The molecule has 0 heterocycles. The van der Waals surface area contributed by atoms with Gasteiger partial charge in [0.1, 0.15) is 11.9 Å². The summed E-state index contributed by atoms with van der Waals surface area (Å²) in [6.45, 7) is 8.67. The third kappa shape index (κ3) is 6.63. The highest BCUT2D eigenvalue weighted by Gasteiger charge is 2.16. The van der Waals surface area contributed by atoms with Gasteiger partial charge in [0.2, 0.25) is 5.91 Å². The first-order valence-corrected chi connectivity index (χ1v) is 7.69. The summed E-state index contributed by atoms with van der Waals surface area (Å²) in [5.41, 5.74) is 7.02. The van der Waals surface area contributed by atoms with Crippen molar-refractivity contribution in [1.29, 1.82) is 0 Å². The summed E-state index contributed by atoms with van der Waals surface area (Å²) < 4.78 is 5.90. The van der Waals surface area contributed by atoms with Crippen LogP contribution in [0.25, 0.3) is 0 Å². The molecule has 1 unspecified atom stereocenters. The van der Waals surface area contributed by atoms with Gasteiger partial charge < -0.3 is 15.8 Å². The number of ether oxygens (including phenoxy) is 1. The minimum Gasteiger partial charge on any atom is -0.489 e. The summed E-state index contributed by atoms with van der Waals surface area (Å²) in [6, 6.07) is 7.48. The Labute approximate surface area is 128 Å². The fourth-order valence-corrected chi connectivity index (χ4v) is 2.11. The lowest BCUT2D eigenvalue weighted by Gasteiger charge is -2.20. The molecular formula is C17H28N2O2. The first kappa shape index (κ1) is 17.5. The minimum absolute atomic E-state index is 0.0398. The third-order valence-electron chi connectivity index (χ3n) is 3.31. The minimum atomic E-state index is -0.443. The van der Waals surface area contributed by atoms with Crippen molar-refractivity contribution in [3.8, 4) is 5.75 Å². The van der Waals surface area contributed by atoms with Crippen LogP contribution < -0.4 is 15.8 Å². The van der Waals surface area contributed by atoms with Gasteiger partial charge in [-0.1, -0.05) is 32.9 Å². The molecule has 1 aromatic rings. The number of nitrogens with two attached hydrogens (primary N) is 1. The van der Waals surface area contributed by atoms with E-state index in [1.54, 1.807) is 0 Å². The number of rotatable bonds is 8. The average Bonchev–Trinajstić information content (AvgIpc) is 2.42. The molecule has 0 aliphatic rings. The first-order valence-electron chi connectivity index (χ1n) is 7.69. The number of benzene rings is 1. The van der Waals surface area contributed by atoms with Crippen molar-refractivity contribution in [3.63, 3.8) is 0 Å². The zero-order chi connectivity index (χ0) is 15.8. The van der Waals surface area contributed by atoms with Gasteiger partial charge in [0, 0.05) is 0 Å². The van der Waals surface area contributed by atoms with E-state index in [4.69, 9.17) is 10.5 Å². The fraction of sp³-hybridized carbons (Fsp3) is 0.588. The summed E-state index contributed by atoms with van der Waals surface area (Å²) in [6.07, 6.45) is 1.48. The lowest BCUT2D eigenvalue weighted by Crippen LogP contribution is -2.44. The molecule has 1 rings (SSSR count). The van der Waals surface area contributed by atoms with Crippen molar-refractivity contribution in [3.05, 3.63) is 29.8 Å². The van der Waals surface area contributed by atoms with Crippen LogP contribution in [0.15, 0.2) is 24.3 Å². The van der Waals surface area contributed by atoms with Gasteiger partial charge in [0.05, 0.1) is 12.6 Å². The van der Waals surface area contributed by atoms with Gasteiger partial charge in [-0.25, -0.2) is 0 Å². The van der Waals surface area contributed by atoms with Crippen LogP contribution in [0.2, 0.25) is 0 Å². The van der Waals surface area contributed by atoms with E-state index in [2.05, 4.69) is 19.2 Å². The van der Waals surface area contributed by atoms with E-state index in [1.165, 1.54) is 0 Å². The molecule has 0 aliphatic carbocycles. The Kier molecular flexibility index (Phi) is 7.23. The summed E-state index contributed by atoms with van der Waals surface area (Å²) >= 11 is 0. The van der Waals surface area contributed by atoms with Crippen molar-refractivity contribution in [2.45, 2.75) is 52.7 Å². The van der Waals surface area contributed by atoms with Gasteiger partial charge in [0.25, 0.3) is 0 Å². The largest absolute Gasteiger partial charge is 0.489 e. The molecule has 1 amide bonds. The Hall–Kier alpha value is -1.55. The number of aryl methyl sites for hydroxylation is 1. The molecule has 0 aliphatic heterocycles. The zero-order valence-corrected chi connectivity index (χ0v) is 13.6. The van der Waals surface area contributed by atoms with Crippen LogP contribution in [0, 0.1) is 12.8 Å². The molecule has 0 fully saturated rings.